The molecule has 3 aromatic carbocycles. The smallest absolute Gasteiger partial charge is 0.313 e. The van der Waals surface area contributed by atoms with E-state index in [9.17, 15) is 29.3 Å². The molecule has 2 amide bonds. The number of carbonyl (C=O) groups excluding carboxylic acids is 4. The summed E-state index contributed by atoms with van der Waals surface area (Å²) in [5.41, 5.74) is 0.736. The second kappa shape index (κ2) is 9.07. The van der Waals surface area contributed by atoms with Gasteiger partial charge in [0.25, 0.3) is 17.5 Å². The lowest BCUT2D eigenvalue weighted by Gasteiger charge is -2.14. The Morgan fingerprint density at radius 3 is 2.35 bits per heavy atom. The van der Waals surface area contributed by atoms with Crippen molar-refractivity contribution in [2.45, 2.75) is 13.3 Å². The predicted molar refractivity (Wildman–Crippen MR) is 120 cm³/mol. The number of aryl methyl sites for hydroxylation is 1. The maximum atomic E-state index is 12.6. The van der Waals surface area contributed by atoms with E-state index in [0.717, 1.165) is 11.0 Å². The molecule has 0 bridgehead atoms. The molecular formula is C25H18N2O7. The molecule has 0 unspecified atom stereocenters. The number of esters is 1. The standard InChI is InChI=1S/C25H18N2O7/c1-15-14-17(23(29)16-6-3-2-4-7-16)10-11-20(15)34-21(28)12-13-26-24(30)18-8-5-9-19(27(32)33)22(18)25(26)31/h2-11,14H,12-13H2,1H3. The fraction of sp³-hybridized carbons (Fsp3) is 0.120. The highest BCUT2D eigenvalue weighted by atomic mass is 16.6. The highest BCUT2D eigenvalue weighted by molar-refractivity contribution is 6.23. The number of benzene rings is 3. The number of fused-ring (bicyclic) bond motifs is 1. The molecule has 9 nitrogen and oxygen atoms in total. The van der Waals surface area contributed by atoms with Gasteiger partial charge in [-0.25, -0.2) is 0 Å². The monoisotopic (exact) mass is 458 g/mol. The predicted octanol–water partition coefficient (Wildman–Crippen LogP) is 3.73. The number of imide groups is 1. The van der Waals surface area contributed by atoms with Crippen LogP contribution in [0.4, 0.5) is 5.69 Å². The molecule has 34 heavy (non-hydrogen) atoms. The Morgan fingerprint density at radius 1 is 0.941 bits per heavy atom. The molecule has 0 atom stereocenters. The molecule has 3 aromatic rings. The molecule has 0 fully saturated rings. The van der Waals surface area contributed by atoms with E-state index in [1.807, 2.05) is 6.07 Å². The second-order valence-electron chi connectivity index (χ2n) is 7.62. The molecule has 9 heteroatoms. The zero-order valence-corrected chi connectivity index (χ0v) is 18.0. The minimum atomic E-state index is -0.819. The third-order valence-electron chi connectivity index (χ3n) is 5.41. The summed E-state index contributed by atoms with van der Waals surface area (Å²) >= 11 is 0. The Hall–Kier alpha value is -4.66. The molecule has 170 valence electrons. The van der Waals surface area contributed by atoms with E-state index in [1.54, 1.807) is 43.3 Å². The van der Waals surface area contributed by atoms with Crippen LogP contribution in [0, 0.1) is 17.0 Å². The van der Waals surface area contributed by atoms with Gasteiger partial charge in [0.05, 0.1) is 16.9 Å². The number of carbonyl (C=O) groups is 4. The minimum Gasteiger partial charge on any atom is -0.426 e. The van der Waals surface area contributed by atoms with Crippen molar-refractivity contribution in [1.82, 2.24) is 4.90 Å². The Kier molecular flexibility index (Phi) is 6.01. The van der Waals surface area contributed by atoms with E-state index in [4.69, 9.17) is 4.74 Å². The minimum absolute atomic E-state index is 0.0675. The lowest BCUT2D eigenvalue weighted by molar-refractivity contribution is -0.385. The Labute approximate surface area is 193 Å². The van der Waals surface area contributed by atoms with Crippen molar-refractivity contribution in [3.8, 4) is 5.75 Å². The van der Waals surface area contributed by atoms with Crippen molar-refractivity contribution < 1.29 is 28.8 Å². The van der Waals surface area contributed by atoms with Gasteiger partial charge in [0, 0.05) is 23.7 Å². The van der Waals surface area contributed by atoms with Gasteiger partial charge < -0.3 is 4.74 Å². The number of nitrogens with zero attached hydrogens (tertiary/aromatic N) is 2. The van der Waals surface area contributed by atoms with Crippen LogP contribution in [0.1, 0.15) is 48.6 Å². The number of ether oxygens (including phenoxy) is 1. The van der Waals surface area contributed by atoms with Crippen LogP contribution in [-0.2, 0) is 4.79 Å². The summed E-state index contributed by atoms with van der Waals surface area (Å²) in [6.45, 7) is 1.40. The van der Waals surface area contributed by atoms with Crippen molar-refractivity contribution in [1.29, 1.82) is 0 Å². The molecule has 0 aromatic heterocycles. The van der Waals surface area contributed by atoms with Gasteiger partial charge in [-0.1, -0.05) is 36.4 Å². The first-order valence-corrected chi connectivity index (χ1v) is 10.3. The zero-order chi connectivity index (χ0) is 24.4. The van der Waals surface area contributed by atoms with Crippen molar-refractivity contribution in [3.05, 3.63) is 105 Å². The van der Waals surface area contributed by atoms with Gasteiger partial charge in [-0.2, -0.15) is 0 Å². The van der Waals surface area contributed by atoms with Gasteiger partial charge in [-0.3, -0.25) is 34.2 Å². The Morgan fingerprint density at radius 2 is 1.68 bits per heavy atom. The fourth-order valence-corrected chi connectivity index (χ4v) is 3.71. The molecule has 0 aliphatic carbocycles. The highest BCUT2D eigenvalue weighted by Gasteiger charge is 2.40. The van der Waals surface area contributed by atoms with E-state index in [0.29, 0.717) is 16.7 Å². The average Bonchev–Trinajstić information content (AvgIpc) is 3.08. The quantitative estimate of drug-likeness (QED) is 0.132. The number of nitro benzene ring substituents is 1. The Bertz CT molecular complexity index is 1350. The summed E-state index contributed by atoms with van der Waals surface area (Å²) in [6, 6.07) is 17.2. The summed E-state index contributed by atoms with van der Waals surface area (Å²) in [4.78, 5) is 61.3. The van der Waals surface area contributed by atoms with E-state index < -0.39 is 28.4 Å². The van der Waals surface area contributed by atoms with Gasteiger partial charge >= 0.3 is 5.97 Å². The molecule has 0 N–H and O–H groups in total. The summed E-state index contributed by atoms with van der Waals surface area (Å²) in [6.07, 6.45) is -0.302. The van der Waals surface area contributed by atoms with Crippen molar-refractivity contribution in [2.75, 3.05) is 6.54 Å². The lowest BCUT2D eigenvalue weighted by atomic mass is 10.0. The van der Waals surface area contributed by atoms with Gasteiger partial charge in [-0.15, -0.1) is 0 Å². The molecule has 1 heterocycles. The van der Waals surface area contributed by atoms with Crippen molar-refractivity contribution >= 4 is 29.3 Å². The van der Waals surface area contributed by atoms with E-state index in [2.05, 4.69) is 0 Å². The number of amides is 2. The molecule has 4 rings (SSSR count). The zero-order valence-electron chi connectivity index (χ0n) is 18.0. The van der Waals surface area contributed by atoms with Crippen LogP contribution in [0.3, 0.4) is 0 Å². The average molecular weight is 458 g/mol. The largest absolute Gasteiger partial charge is 0.426 e. The van der Waals surface area contributed by atoms with Crippen LogP contribution in [0.5, 0.6) is 5.75 Å². The van der Waals surface area contributed by atoms with Crippen LogP contribution in [0.25, 0.3) is 0 Å². The molecule has 0 saturated carbocycles. The van der Waals surface area contributed by atoms with Crippen LogP contribution >= 0.6 is 0 Å². The summed E-state index contributed by atoms with van der Waals surface area (Å²) in [7, 11) is 0. The van der Waals surface area contributed by atoms with E-state index in [1.165, 1.54) is 18.2 Å². The number of ketones is 1. The second-order valence-corrected chi connectivity index (χ2v) is 7.62. The summed E-state index contributed by atoms with van der Waals surface area (Å²) in [5.74, 6) is -2.14. The van der Waals surface area contributed by atoms with Crippen molar-refractivity contribution in [3.63, 3.8) is 0 Å². The molecular weight excluding hydrogens is 440 g/mol. The Balaban J connectivity index is 1.41. The lowest BCUT2D eigenvalue weighted by Crippen LogP contribution is -2.32. The van der Waals surface area contributed by atoms with Crippen LogP contribution in [0.2, 0.25) is 0 Å². The maximum Gasteiger partial charge on any atom is 0.313 e. The highest BCUT2D eigenvalue weighted by Crippen LogP contribution is 2.31. The van der Waals surface area contributed by atoms with Crippen LogP contribution in [0.15, 0.2) is 66.7 Å². The molecule has 1 aliphatic heterocycles. The molecule has 0 radical (unpaired) electrons. The van der Waals surface area contributed by atoms with E-state index >= 15 is 0 Å². The van der Waals surface area contributed by atoms with Gasteiger partial charge in [0.2, 0.25) is 0 Å². The molecule has 0 spiro atoms. The van der Waals surface area contributed by atoms with Gasteiger partial charge in [0.1, 0.15) is 11.3 Å². The topological polar surface area (TPSA) is 124 Å². The maximum absolute atomic E-state index is 12.6. The first kappa shape index (κ1) is 22.5. The van der Waals surface area contributed by atoms with Crippen LogP contribution in [-0.4, -0.2) is 39.9 Å². The number of rotatable bonds is 7. The third-order valence-corrected chi connectivity index (χ3v) is 5.41. The van der Waals surface area contributed by atoms with Gasteiger partial charge in [-0.05, 0) is 36.8 Å². The SMILES string of the molecule is Cc1cc(C(=O)c2ccccc2)ccc1OC(=O)CCN1C(=O)c2cccc([N+](=O)[O-])c2C1=O. The molecule has 1 aliphatic rings. The normalized spacial score (nSPS) is 12.4. The number of hydrogen-bond donors (Lipinski definition) is 0. The first-order chi connectivity index (χ1) is 16.3. The third kappa shape index (κ3) is 4.18. The number of hydrogen-bond acceptors (Lipinski definition) is 7. The fourth-order valence-electron chi connectivity index (χ4n) is 3.71. The summed E-state index contributed by atoms with van der Waals surface area (Å²) < 4.78 is 5.35. The van der Waals surface area contributed by atoms with Gasteiger partial charge in [0.15, 0.2) is 5.78 Å². The number of nitro groups is 1. The van der Waals surface area contributed by atoms with E-state index in [-0.39, 0.29) is 35.6 Å². The van der Waals surface area contributed by atoms with Crippen LogP contribution < -0.4 is 4.74 Å². The first-order valence-electron chi connectivity index (χ1n) is 10.3. The van der Waals surface area contributed by atoms with Crippen molar-refractivity contribution in [2.24, 2.45) is 0 Å². The summed E-state index contributed by atoms with van der Waals surface area (Å²) in [5, 5.41) is 11.2. The molecule has 0 saturated heterocycles.